The number of hydrogen-bond donors (Lipinski definition) is 1. The van der Waals surface area contributed by atoms with E-state index >= 15 is 0 Å². The second kappa shape index (κ2) is 8.63. The van der Waals surface area contributed by atoms with E-state index in [1.807, 2.05) is 44.2 Å². The minimum atomic E-state index is -0.372. The van der Waals surface area contributed by atoms with E-state index in [0.29, 0.717) is 30.0 Å². The molecular formula is C24H25N3O4. The molecule has 0 saturated heterocycles. The van der Waals surface area contributed by atoms with Crippen molar-refractivity contribution in [3.8, 4) is 11.5 Å². The van der Waals surface area contributed by atoms with E-state index in [4.69, 9.17) is 9.47 Å². The van der Waals surface area contributed by atoms with Crippen LogP contribution in [0.3, 0.4) is 0 Å². The zero-order valence-corrected chi connectivity index (χ0v) is 17.8. The molecule has 0 saturated carbocycles. The molecule has 1 atom stereocenters. The van der Waals surface area contributed by atoms with E-state index in [0.717, 1.165) is 16.8 Å². The van der Waals surface area contributed by atoms with Crippen molar-refractivity contribution in [3.05, 3.63) is 87.1 Å². The molecule has 0 spiro atoms. The number of nitrogens with zero attached hydrogens (tertiary/aromatic N) is 2. The molecule has 0 bridgehead atoms. The lowest BCUT2D eigenvalue weighted by molar-refractivity contribution is 0.0937. The molecule has 2 aromatic heterocycles. The second-order valence-corrected chi connectivity index (χ2v) is 7.84. The number of benzene rings is 1. The van der Waals surface area contributed by atoms with E-state index in [-0.39, 0.29) is 29.9 Å². The Hall–Kier alpha value is -3.61. The van der Waals surface area contributed by atoms with Gasteiger partial charge >= 0.3 is 0 Å². The predicted molar refractivity (Wildman–Crippen MR) is 117 cm³/mol. The number of ether oxygens (including phenoxy) is 2. The number of aryl methyl sites for hydroxylation is 2. The van der Waals surface area contributed by atoms with Gasteiger partial charge in [-0.1, -0.05) is 12.1 Å². The number of carbonyl (C=O) groups is 1. The maximum Gasteiger partial charge on any atom is 0.263 e. The topological polar surface area (TPSA) is 82.5 Å². The lowest BCUT2D eigenvalue weighted by atomic mass is 10.1. The molecule has 0 radical (unpaired) electrons. The van der Waals surface area contributed by atoms with Crippen molar-refractivity contribution >= 4 is 5.91 Å². The molecule has 31 heavy (non-hydrogen) atoms. The fourth-order valence-corrected chi connectivity index (χ4v) is 3.67. The number of fused-ring (bicyclic) bond motifs is 1. The first-order valence-corrected chi connectivity index (χ1v) is 10.2. The van der Waals surface area contributed by atoms with Gasteiger partial charge in [-0.2, -0.15) is 0 Å². The normalized spacial score (nSPS) is 13.1. The monoisotopic (exact) mass is 419 g/mol. The van der Waals surface area contributed by atoms with Crippen LogP contribution in [0.2, 0.25) is 0 Å². The SMILES string of the molecule is Cc1cccnc1CC(C)NC(=O)c1c(C)ccn(Cc2ccc3c(c2)OCO3)c1=O. The molecule has 1 aliphatic heterocycles. The van der Waals surface area contributed by atoms with Gasteiger partial charge in [-0.3, -0.25) is 14.6 Å². The lowest BCUT2D eigenvalue weighted by Gasteiger charge is -2.16. The van der Waals surface area contributed by atoms with E-state index in [1.165, 1.54) is 4.57 Å². The third-order valence-corrected chi connectivity index (χ3v) is 5.39. The van der Waals surface area contributed by atoms with Gasteiger partial charge in [-0.15, -0.1) is 0 Å². The third-order valence-electron chi connectivity index (χ3n) is 5.39. The summed E-state index contributed by atoms with van der Waals surface area (Å²) >= 11 is 0. The summed E-state index contributed by atoms with van der Waals surface area (Å²) in [5, 5.41) is 2.95. The van der Waals surface area contributed by atoms with Gasteiger partial charge in [0, 0.05) is 30.6 Å². The largest absolute Gasteiger partial charge is 0.454 e. The smallest absolute Gasteiger partial charge is 0.263 e. The Morgan fingerprint density at radius 3 is 2.77 bits per heavy atom. The predicted octanol–water partition coefficient (Wildman–Crippen LogP) is 3.00. The highest BCUT2D eigenvalue weighted by molar-refractivity contribution is 5.95. The highest BCUT2D eigenvalue weighted by Crippen LogP contribution is 2.32. The van der Waals surface area contributed by atoms with Crippen LogP contribution in [0.4, 0.5) is 0 Å². The van der Waals surface area contributed by atoms with E-state index in [9.17, 15) is 9.59 Å². The van der Waals surface area contributed by atoms with Crippen LogP contribution in [-0.2, 0) is 13.0 Å². The molecule has 4 rings (SSSR count). The fourth-order valence-electron chi connectivity index (χ4n) is 3.67. The van der Waals surface area contributed by atoms with Crippen LogP contribution in [-0.4, -0.2) is 28.3 Å². The first-order valence-electron chi connectivity index (χ1n) is 10.2. The molecule has 0 fully saturated rings. The molecular weight excluding hydrogens is 394 g/mol. The van der Waals surface area contributed by atoms with Crippen LogP contribution >= 0.6 is 0 Å². The molecule has 1 N–H and O–H groups in total. The minimum absolute atomic E-state index is 0.160. The first kappa shape index (κ1) is 20.7. The molecule has 1 amide bonds. The molecule has 7 heteroatoms. The number of carbonyl (C=O) groups excluding carboxylic acids is 1. The Morgan fingerprint density at radius 2 is 1.97 bits per heavy atom. The van der Waals surface area contributed by atoms with Crippen LogP contribution in [0.5, 0.6) is 11.5 Å². The van der Waals surface area contributed by atoms with Crippen molar-refractivity contribution < 1.29 is 14.3 Å². The van der Waals surface area contributed by atoms with Crippen LogP contribution in [0.15, 0.2) is 53.6 Å². The van der Waals surface area contributed by atoms with Crippen molar-refractivity contribution in [2.24, 2.45) is 0 Å². The summed E-state index contributed by atoms with van der Waals surface area (Å²) < 4.78 is 12.3. The second-order valence-electron chi connectivity index (χ2n) is 7.84. The van der Waals surface area contributed by atoms with E-state index in [1.54, 1.807) is 25.4 Å². The van der Waals surface area contributed by atoms with E-state index < -0.39 is 0 Å². The quantitative estimate of drug-likeness (QED) is 0.664. The Balaban J connectivity index is 1.52. The van der Waals surface area contributed by atoms with Crippen LogP contribution < -0.4 is 20.3 Å². The van der Waals surface area contributed by atoms with Crippen LogP contribution in [0.1, 0.15) is 39.7 Å². The first-order chi connectivity index (χ1) is 14.9. The Labute approximate surface area is 180 Å². The van der Waals surface area contributed by atoms with Gasteiger partial charge in [0.25, 0.3) is 11.5 Å². The molecule has 3 aromatic rings. The highest BCUT2D eigenvalue weighted by Gasteiger charge is 2.19. The number of amides is 1. The number of aromatic nitrogens is 2. The summed E-state index contributed by atoms with van der Waals surface area (Å²) in [6.07, 6.45) is 4.04. The van der Waals surface area contributed by atoms with Gasteiger partial charge in [-0.25, -0.2) is 0 Å². The van der Waals surface area contributed by atoms with E-state index in [2.05, 4.69) is 10.3 Å². The molecule has 1 aliphatic rings. The van der Waals surface area contributed by atoms with Crippen molar-refractivity contribution in [1.82, 2.24) is 14.9 Å². The molecule has 1 aromatic carbocycles. The Kier molecular flexibility index (Phi) is 5.75. The van der Waals surface area contributed by atoms with Crippen LogP contribution in [0.25, 0.3) is 0 Å². The van der Waals surface area contributed by atoms with Gasteiger partial charge in [0.05, 0.1) is 6.54 Å². The molecule has 7 nitrogen and oxygen atoms in total. The number of pyridine rings is 2. The summed E-state index contributed by atoms with van der Waals surface area (Å²) in [5.74, 6) is 0.982. The van der Waals surface area contributed by atoms with Crippen molar-refractivity contribution in [3.63, 3.8) is 0 Å². The van der Waals surface area contributed by atoms with Gasteiger partial charge in [0.1, 0.15) is 5.56 Å². The van der Waals surface area contributed by atoms with Crippen LogP contribution in [0, 0.1) is 13.8 Å². The summed E-state index contributed by atoms with van der Waals surface area (Å²) in [4.78, 5) is 30.4. The van der Waals surface area contributed by atoms with Crippen molar-refractivity contribution in [1.29, 1.82) is 0 Å². The van der Waals surface area contributed by atoms with Gasteiger partial charge < -0.3 is 19.4 Å². The fraction of sp³-hybridized carbons (Fsp3) is 0.292. The van der Waals surface area contributed by atoms with Gasteiger partial charge in [0.15, 0.2) is 11.5 Å². The Bertz CT molecular complexity index is 1190. The summed E-state index contributed by atoms with van der Waals surface area (Å²) in [7, 11) is 0. The number of rotatable bonds is 6. The molecule has 160 valence electrons. The maximum atomic E-state index is 13.1. The summed E-state index contributed by atoms with van der Waals surface area (Å²) in [5.41, 5.74) is 3.38. The zero-order valence-electron chi connectivity index (χ0n) is 17.8. The summed E-state index contributed by atoms with van der Waals surface area (Å²) in [6.45, 7) is 6.21. The average molecular weight is 419 g/mol. The van der Waals surface area contributed by atoms with Crippen molar-refractivity contribution in [2.75, 3.05) is 6.79 Å². The number of hydrogen-bond acceptors (Lipinski definition) is 5. The maximum absolute atomic E-state index is 13.1. The standard InChI is InChI=1S/C24H25N3O4/c1-15-5-4-9-25-19(15)11-17(3)26-23(28)22-16(2)8-10-27(24(22)29)13-18-6-7-20-21(12-18)31-14-30-20/h4-10,12,17H,11,13-14H2,1-3H3,(H,26,28). The minimum Gasteiger partial charge on any atom is -0.454 e. The molecule has 1 unspecified atom stereocenters. The third kappa shape index (κ3) is 4.45. The Morgan fingerprint density at radius 1 is 1.16 bits per heavy atom. The highest BCUT2D eigenvalue weighted by atomic mass is 16.7. The lowest BCUT2D eigenvalue weighted by Crippen LogP contribution is -2.39. The average Bonchev–Trinajstić information content (AvgIpc) is 3.20. The molecule has 0 aliphatic carbocycles. The number of nitrogens with one attached hydrogen (secondary N) is 1. The molecule has 3 heterocycles. The van der Waals surface area contributed by atoms with Gasteiger partial charge in [0.2, 0.25) is 6.79 Å². The van der Waals surface area contributed by atoms with Gasteiger partial charge in [-0.05, 0) is 61.7 Å². The summed E-state index contributed by atoms with van der Waals surface area (Å²) in [6, 6.07) is 11.1. The van der Waals surface area contributed by atoms with Crippen molar-refractivity contribution in [2.45, 2.75) is 39.8 Å². The zero-order chi connectivity index (χ0) is 22.0.